The van der Waals surface area contributed by atoms with Crippen molar-refractivity contribution in [2.24, 2.45) is 0 Å². The Kier molecular flexibility index (Phi) is 9.69. The molecule has 1 saturated carbocycles. The number of fused-ring (bicyclic) bond motifs is 2. The van der Waals surface area contributed by atoms with Gasteiger partial charge in [-0.25, -0.2) is 0 Å². The van der Waals surface area contributed by atoms with E-state index in [-0.39, 0.29) is 29.9 Å². The van der Waals surface area contributed by atoms with E-state index in [0.717, 1.165) is 59.5 Å². The maximum absolute atomic E-state index is 14.6. The highest BCUT2D eigenvalue weighted by molar-refractivity contribution is 6.42. The standard InChI is InChI=1S/C36H39Cl2N3O4/c1-23(42)40-21-27-19-29(25-14-12-24(13-15-25)7-6-18-45-33-11-4-3-10-32(33)44-2)34(31(22-40)39-27)36(43)41(28-16-17-28)20-26-8-5-9-30(37)35(26)38/h3-5,8-15,27-28,31,39H,6-7,16-22H2,1-2H3/t27-,31-/m1/s1. The molecule has 0 spiro atoms. The summed E-state index contributed by atoms with van der Waals surface area (Å²) >= 11 is 12.9. The number of para-hydroxylation sites is 2. The second-order valence-corrected chi connectivity index (χ2v) is 12.9. The van der Waals surface area contributed by atoms with Gasteiger partial charge >= 0.3 is 0 Å². The van der Waals surface area contributed by atoms with Crippen LogP contribution in [0.2, 0.25) is 10.0 Å². The predicted molar refractivity (Wildman–Crippen MR) is 178 cm³/mol. The van der Waals surface area contributed by atoms with Gasteiger partial charge in [-0.2, -0.15) is 0 Å². The number of hydrogen-bond acceptors (Lipinski definition) is 5. The summed E-state index contributed by atoms with van der Waals surface area (Å²) in [5, 5.41) is 4.63. The molecule has 0 radical (unpaired) electrons. The number of hydrogen-bond donors (Lipinski definition) is 1. The summed E-state index contributed by atoms with van der Waals surface area (Å²) in [7, 11) is 1.64. The average molecular weight is 649 g/mol. The van der Waals surface area contributed by atoms with Crippen molar-refractivity contribution in [3.63, 3.8) is 0 Å². The number of carbonyl (C=O) groups is 2. The molecule has 2 fully saturated rings. The molecule has 9 heteroatoms. The Labute approximate surface area is 275 Å². The maximum atomic E-state index is 14.6. The minimum atomic E-state index is -0.244. The van der Waals surface area contributed by atoms with E-state index in [9.17, 15) is 9.59 Å². The first-order chi connectivity index (χ1) is 21.8. The third kappa shape index (κ3) is 7.16. The first-order valence-corrected chi connectivity index (χ1v) is 16.4. The van der Waals surface area contributed by atoms with Gasteiger partial charge in [0.1, 0.15) is 0 Å². The highest BCUT2D eigenvalue weighted by Crippen LogP contribution is 2.38. The fourth-order valence-electron chi connectivity index (χ4n) is 6.46. The Morgan fingerprint density at radius 1 is 0.978 bits per heavy atom. The van der Waals surface area contributed by atoms with Crippen LogP contribution in [0.1, 0.15) is 49.3 Å². The minimum Gasteiger partial charge on any atom is -0.493 e. The van der Waals surface area contributed by atoms with Crippen LogP contribution < -0.4 is 14.8 Å². The third-order valence-corrected chi connectivity index (χ3v) is 9.80. The van der Waals surface area contributed by atoms with E-state index >= 15 is 0 Å². The predicted octanol–water partition coefficient (Wildman–Crippen LogP) is 6.55. The molecular formula is C36H39Cl2N3O4. The monoisotopic (exact) mass is 647 g/mol. The number of halogens is 2. The minimum absolute atomic E-state index is 0.00228. The summed E-state index contributed by atoms with van der Waals surface area (Å²) in [5.41, 5.74) is 4.91. The lowest BCUT2D eigenvalue weighted by atomic mass is 9.82. The van der Waals surface area contributed by atoms with Crippen LogP contribution in [-0.4, -0.2) is 66.5 Å². The number of nitrogens with zero attached hydrogens (tertiary/aromatic N) is 2. The normalized spacial score (nSPS) is 19.3. The Morgan fingerprint density at radius 3 is 2.44 bits per heavy atom. The lowest BCUT2D eigenvalue weighted by molar-refractivity contribution is -0.132. The number of ether oxygens (including phenoxy) is 2. The van der Waals surface area contributed by atoms with Crippen molar-refractivity contribution >= 4 is 40.6 Å². The van der Waals surface area contributed by atoms with Crippen molar-refractivity contribution < 1.29 is 19.1 Å². The molecule has 2 atom stereocenters. The summed E-state index contributed by atoms with van der Waals surface area (Å²) in [5.74, 6) is 1.51. The highest BCUT2D eigenvalue weighted by Gasteiger charge is 2.43. The van der Waals surface area contributed by atoms with Crippen LogP contribution >= 0.6 is 23.2 Å². The van der Waals surface area contributed by atoms with Gasteiger partial charge in [-0.15, -0.1) is 0 Å². The molecule has 3 aromatic rings. The van der Waals surface area contributed by atoms with Crippen LogP contribution in [0.25, 0.3) is 5.57 Å². The molecular weight excluding hydrogens is 609 g/mol. The van der Waals surface area contributed by atoms with Gasteiger partial charge in [0, 0.05) is 44.2 Å². The van der Waals surface area contributed by atoms with Crippen molar-refractivity contribution in [3.05, 3.63) is 99.0 Å². The summed E-state index contributed by atoms with van der Waals surface area (Å²) in [4.78, 5) is 30.8. The van der Waals surface area contributed by atoms with Crippen molar-refractivity contribution in [3.8, 4) is 11.5 Å². The van der Waals surface area contributed by atoms with Crippen LogP contribution in [0.15, 0.2) is 72.3 Å². The molecule has 3 aromatic carbocycles. The second kappa shape index (κ2) is 13.9. The molecule has 1 saturated heterocycles. The molecule has 2 bridgehead atoms. The summed E-state index contributed by atoms with van der Waals surface area (Å²) < 4.78 is 11.3. The first-order valence-electron chi connectivity index (χ1n) is 15.7. The molecule has 45 heavy (non-hydrogen) atoms. The number of carbonyl (C=O) groups excluding carboxylic acids is 2. The van der Waals surface area contributed by atoms with Gasteiger partial charge in [0.05, 0.1) is 29.8 Å². The fourth-order valence-corrected chi connectivity index (χ4v) is 6.83. The Morgan fingerprint density at radius 2 is 1.73 bits per heavy atom. The lowest BCUT2D eigenvalue weighted by Crippen LogP contribution is -2.61. The summed E-state index contributed by atoms with van der Waals surface area (Å²) in [6.45, 7) is 3.68. The molecule has 0 aromatic heterocycles. The largest absolute Gasteiger partial charge is 0.493 e. The van der Waals surface area contributed by atoms with Crippen molar-refractivity contribution in [2.45, 2.75) is 63.7 Å². The molecule has 2 amide bonds. The Hall–Kier alpha value is -3.52. The Bertz CT molecular complexity index is 1590. The average Bonchev–Trinajstić information content (AvgIpc) is 3.89. The second-order valence-electron chi connectivity index (χ2n) is 12.1. The van der Waals surface area contributed by atoms with Gasteiger partial charge in [0.15, 0.2) is 11.5 Å². The van der Waals surface area contributed by atoms with Crippen molar-refractivity contribution in [1.82, 2.24) is 15.1 Å². The van der Waals surface area contributed by atoms with Gasteiger partial charge in [-0.3, -0.25) is 9.59 Å². The number of aryl methyl sites for hydroxylation is 1. The quantitative estimate of drug-likeness (QED) is 0.239. The van der Waals surface area contributed by atoms with Crippen LogP contribution in [0.5, 0.6) is 11.5 Å². The smallest absolute Gasteiger partial charge is 0.252 e. The van der Waals surface area contributed by atoms with E-state index in [1.54, 1.807) is 20.1 Å². The lowest BCUT2D eigenvalue weighted by Gasteiger charge is -2.44. The highest BCUT2D eigenvalue weighted by atomic mass is 35.5. The van der Waals surface area contributed by atoms with Crippen molar-refractivity contribution in [1.29, 1.82) is 0 Å². The van der Waals surface area contributed by atoms with Crippen LogP contribution in [0.3, 0.4) is 0 Å². The molecule has 3 aliphatic rings. The van der Waals surface area contributed by atoms with E-state index in [1.165, 1.54) is 5.56 Å². The van der Waals surface area contributed by atoms with Crippen LogP contribution in [0.4, 0.5) is 0 Å². The van der Waals surface area contributed by atoms with Crippen LogP contribution in [-0.2, 0) is 22.6 Å². The molecule has 2 aliphatic heterocycles. The van der Waals surface area contributed by atoms with Crippen LogP contribution in [0, 0.1) is 0 Å². The zero-order valence-corrected chi connectivity index (χ0v) is 27.2. The van der Waals surface area contributed by atoms with Gasteiger partial charge in [0.2, 0.25) is 5.91 Å². The third-order valence-electron chi connectivity index (χ3n) is 8.94. The van der Waals surface area contributed by atoms with E-state index in [1.807, 2.05) is 46.2 Å². The molecule has 0 unspecified atom stereocenters. The van der Waals surface area contributed by atoms with Crippen molar-refractivity contribution in [2.75, 3.05) is 26.8 Å². The van der Waals surface area contributed by atoms with Gasteiger partial charge in [-0.1, -0.05) is 71.7 Å². The molecule has 1 N–H and O–H groups in total. The number of methoxy groups -OCH3 is 1. The summed E-state index contributed by atoms with van der Waals surface area (Å²) in [6, 6.07) is 21.8. The summed E-state index contributed by atoms with van der Waals surface area (Å²) in [6.07, 6.45) is 4.33. The first kappa shape index (κ1) is 31.5. The number of nitrogens with one attached hydrogen (secondary N) is 1. The molecule has 2 heterocycles. The number of rotatable bonds is 11. The zero-order valence-electron chi connectivity index (χ0n) is 25.7. The van der Waals surface area contributed by atoms with E-state index in [0.29, 0.717) is 42.7 Å². The van der Waals surface area contributed by atoms with E-state index in [2.05, 4.69) is 29.6 Å². The Balaban J connectivity index is 1.24. The maximum Gasteiger partial charge on any atom is 0.252 e. The van der Waals surface area contributed by atoms with E-state index < -0.39 is 0 Å². The van der Waals surface area contributed by atoms with Gasteiger partial charge in [0.25, 0.3) is 5.91 Å². The number of piperazine rings is 1. The SMILES string of the molecule is COc1ccccc1OCCCc1ccc(C2=C(C(=O)N(Cc3cccc(Cl)c3Cl)C3CC3)[C@H]3CN(C(C)=O)C[C@@H](C2)N3)cc1. The topological polar surface area (TPSA) is 71.1 Å². The van der Waals surface area contributed by atoms with Gasteiger partial charge < -0.3 is 24.6 Å². The van der Waals surface area contributed by atoms with Gasteiger partial charge in [-0.05, 0) is 72.6 Å². The molecule has 1 aliphatic carbocycles. The molecule has 6 rings (SSSR count). The number of benzene rings is 3. The van der Waals surface area contributed by atoms with E-state index in [4.69, 9.17) is 32.7 Å². The number of amides is 2. The molecule has 236 valence electrons. The zero-order chi connectivity index (χ0) is 31.5. The fraction of sp³-hybridized carbons (Fsp3) is 0.389. The molecule has 7 nitrogen and oxygen atoms in total.